The summed E-state index contributed by atoms with van der Waals surface area (Å²) in [5.41, 5.74) is 5.99. The van der Waals surface area contributed by atoms with Crippen molar-refractivity contribution in [2.45, 2.75) is 12.5 Å². The molecule has 0 heterocycles. The van der Waals surface area contributed by atoms with Crippen LogP contribution in [-0.4, -0.2) is 0 Å². The summed E-state index contributed by atoms with van der Waals surface area (Å²) < 4.78 is 0. The first-order valence-corrected chi connectivity index (χ1v) is 3.81. The second-order valence-electron chi connectivity index (χ2n) is 3.00. The highest BCUT2D eigenvalue weighted by molar-refractivity contribution is 5.36. The lowest BCUT2D eigenvalue weighted by molar-refractivity contribution is 0.646. The molecule has 1 aromatic rings. The number of hydrogen-bond acceptors (Lipinski definition) is 3. The molecule has 1 aromatic carbocycles. The highest BCUT2D eigenvalue weighted by Gasteiger charge is 2.19. The van der Waals surface area contributed by atoms with Crippen molar-refractivity contribution in [1.29, 1.82) is 10.5 Å². The Morgan fingerprint density at radius 2 is 1.77 bits per heavy atom. The second kappa shape index (κ2) is 3.26. The summed E-state index contributed by atoms with van der Waals surface area (Å²) in [5, 5.41) is 17.3. The molecular formula is C10H9N3. The van der Waals surface area contributed by atoms with Gasteiger partial charge >= 0.3 is 0 Å². The summed E-state index contributed by atoms with van der Waals surface area (Å²) >= 11 is 0. The van der Waals surface area contributed by atoms with Crippen LogP contribution < -0.4 is 5.73 Å². The van der Waals surface area contributed by atoms with Crippen LogP contribution in [0.1, 0.15) is 18.1 Å². The molecule has 0 aromatic heterocycles. The van der Waals surface area contributed by atoms with Gasteiger partial charge in [0.1, 0.15) is 5.54 Å². The van der Waals surface area contributed by atoms with Crippen molar-refractivity contribution in [1.82, 2.24) is 0 Å². The van der Waals surface area contributed by atoms with Crippen molar-refractivity contribution in [3.8, 4) is 12.1 Å². The minimum absolute atomic E-state index is 0.567. The maximum absolute atomic E-state index is 8.73. The molecule has 2 N–H and O–H groups in total. The lowest BCUT2D eigenvalue weighted by Crippen LogP contribution is -2.30. The van der Waals surface area contributed by atoms with E-state index >= 15 is 0 Å². The smallest absolute Gasteiger partial charge is 0.126 e. The van der Waals surface area contributed by atoms with Crippen LogP contribution in [0.4, 0.5) is 0 Å². The molecular weight excluding hydrogens is 162 g/mol. The number of nitriles is 2. The van der Waals surface area contributed by atoms with E-state index < -0.39 is 5.54 Å². The van der Waals surface area contributed by atoms with Crippen molar-refractivity contribution >= 4 is 0 Å². The van der Waals surface area contributed by atoms with Gasteiger partial charge in [-0.1, -0.05) is 12.1 Å². The third-order valence-electron chi connectivity index (χ3n) is 1.85. The van der Waals surface area contributed by atoms with Gasteiger partial charge in [0.05, 0.1) is 17.7 Å². The van der Waals surface area contributed by atoms with E-state index in [1.807, 2.05) is 12.1 Å². The molecule has 1 rings (SSSR count). The van der Waals surface area contributed by atoms with Crippen LogP contribution in [0.25, 0.3) is 0 Å². The summed E-state index contributed by atoms with van der Waals surface area (Å²) in [6.07, 6.45) is 0. The standard InChI is InChI=1S/C10H9N3/c1-10(13,7-12)9-4-2-8(6-11)3-5-9/h2-5H,13H2,1H3/t10-/m0/s1. The molecule has 0 amide bonds. The van der Waals surface area contributed by atoms with Crippen molar-refractivity contribution in [3.05, 3.63) is 35.4 Å². The summed E-state index contributed by atoms with van der Waals surface area (Å²) in [5.74, 6) is 0. The molecule has 3 nitrogen and oxygen atoms in total. The summed E-state index contributed by atoms with van der Waals surface area (Å²) in [4.78, 5) is 0. The molecule has 0 saturated heterocycles. The number of hydrogen-bond donors (Lipinski definition) is 1. The van der Waals surface area contributed by atoms with Gasteiger partial charge < -0.3 is 5.73 Å². The van der Waals surface area contributed by atoms with Gasteiger partial charge in [0.25, 0.3) is 0 Å². The molecule has 0 fully saturated rings. The fraction of sp³-hybridized carbons (Fsp3) is 0.200. The van der Waals surface area contributed by atoms with Crippen molar-refractivity contribution in [2.75, 3.05) is 0 Å². The first kappa shape index (κ1) is 9.25. The molecule has 13 heavy (non-hydrogen) atoms. The van der Waals surface area contributed by atoms with E-state index in [4.69, 9.17) is 16.3 Å². The van der Waals surface area contributed by atoms with E-state index in [-0.39, 0.29) is 0 Å². The largest absolute Gasteiger partial charge is 0.310 e. The molecule has 3 heteroatoms. The maximum Gasteiger partial charge on any atom is 0.126 e. The predicted octanol–water partition coefficient (Wildman–Crippen LogP) is 1.26. The van der Waals surface area contributed by atoms with Gasteiger partial charge in [-0.2, -0.15) is 10.5 Å². The monoisotopic (exact) mass is 171 g/mol. The second-order valence-corrected chi connectivity index (χ2v) is 3.00. The molecule has 0 saturated carbocycles. The van der Waals surface area contributed by atoms with Crippen LogP contribution >= 0.6 is 0 Å². The normalized spacial score (nSPS) is 13.8. The average Bonchev–Trinajstić information content (AvgIpc) is 2.18. The minimum Gasteiger partial charge on any atom is -0.310 e. The Balaban J connectivity index is 3.09. The Kier molecular flexibility index (Phi) is 2.32. The lowest BCUT2D eigenvalue weighted by Gasteiger charge is -2.15. The van der Waals surface area contributed by atoms with Gasteiger partial charge in [0.2, 0.25) is 0 Å². The van der Waals surface area contributed by atoms with Gasteiger partial charge in [-0.05, 0) is 24.6 Å². The SMILES string of the molecule is C[C@](N)(C#N)c1ccc(C#N)cc1. The van der Waals surface area contributed by atoms with E-state index in [0.717, 1.165) is 0 Å². The summed E-state index contributed by atoms with van der Waals surface area (Å²) in [6.45, 7) is 1.63. The Morgan fingerprint density at radius 3 is 2.15 bits per heavy atom. The molecule has 0 aliphatic heterocycles. The zero-order chi connectivity index (χ0) is 9.90. The Bertz CT molecular complexity index is 376. The van der Waals surface area contributed by atoms with E-state index in [9.17, 15) is 0 Å². The lowest BCUT2D eigenvalue weighted by atomic mass is 9.94. The molecule has 0 aliphatic rings. The van der Waals surface area contributed by atoms with Crippen LogP contribution in [0.5, 0.6) is 0 Å². The maximum atomic E-state index is 8.73. The van der Waals surface area contributed by atoms with Gasteiger partial charge in [0.15, 0.2) is 0 Å². The zero-order valence-electron chi connectivity index (χ0n) is 7.28. The zero-order valence-corrected chi connectivity index (χ0v) is 7.28. The van der Waals surface area contributed by atoms with E-state index in [1.165, 1.54) is 0 Å². The highest BCUT2D eigenvalue weighted by Crippen LogP contribution is 2.16. The molecule has 64 valence electrons. The molecule has 0 unspecified atom stereocenters. The molecule has 0 aliphatic carbocycles. The average molecular weight is 171 g/mol. The summed E-state index contributed by atoms with van der Waals surface area (Å²) in [6, 6.07) is 10.7. The third-order valence-corrected chi connectivity index (χ3v) is 1.85. The molecule has 1 atom stereocenters. The highest BCUT2D eigenvalue weighted by atomic mass is 14.7. The van der Waals surface area contributed by atoms with Crippen LogP contribution in [-0.2, 0) is 5.54 Å². The van der Waals surface area contributed by atoms with Crippen LogP contribution in [0, 0.1) is 22.7 Å². The third kappa shape index (κ3) is 1.84. The van der Waals surface area contributed by atoms with Crippen LogP contribution in [0.15, 0.2) is 24.3 Å². The Morgan fingerprint density at radius 1 is 1.23 bits per heavy atom. The Hall–Kier alpha value is -1.84. The topological polar surface area (TPSA) is 73.6 Å². The molecule has 0 spiro atoms. The fourth-order valence-electron chi connectivity index (χ4n) is 0.956. The molecule has 0 radical (unpaired) electrons. The number of benzene rings is 1. The Labute approximate surface area is 77.0 Å². The van der Waals surface area contributed by atoms with Gasteiger partial charge in [-0.3, -0.25) is 0 Å². The number of rotatable bonds is 1. The number of nitrogens with zero attached hydrogens (tertiary/aromatic N) is 2. The van der Waals surface area contributed by atoms with E-state index in [0.29, 0.717) is 11.1 Å². The van der Waals surface area contributed by atoms with Crippen molar-refractivity contribution in [3.63, 3.8) is 0 Å². The van der Waals surface area contributed by atoms with Crippen molar-refractivity contribution in [2.24, 2.45) is 5.73 Å². The first-order valence-electron chi connectivity index (χ1n) is 3.81. The van der Waals surface area contributed by atoms with Crippen LogP contribution in [0.2, 0.25) is 0 Å². The minimum atomic E-state index is -0.978. The molecule has 0 bridgehead atoms. The fourth-order valence-corrected chi connectivity index (χ4v) is 0.956. The number of nitrogens with two attached hydrogens (primary N) is 1. The van der Waals surface area contributed by atoms with E-state index in [1.54, 1.807) is 31.2 Å². The van der Waals surface area contributed by atoms with Gasteiger partial charge in [0, 0.05) is 0 Å². The van der Waals surface area contributed by atoms with Crippen molar-refractivity contribution < 1.29 is 0 Å². The summed E-state index contributed by atoms with van der Waals surface area (Å²) in [7, 11) is 0. The van der Waals surface area contributed by atoms with Gasteiger partial charge in [-0.25, -0.2) is 0 Å². The first-order chi connectivity index (χ1) is 6.10. The van der Waals surface area contributed by atoms with Gasteiger partial charge in [-0.15, -0.1) is 0 Å². The van der Waals surface area contributed by atoms with Crippen LogP contribution in [0.3, 0.4) is 0 Å². The predicted molar refractivity (Wildman–Crippen MR) is 48.3 cm³/mol. The quantitative estimate of drug-likeness (QED) is 0.691. The van der Waals surface area contributed by atoms with E-state index in [2.05, 4.69) is 0 Å².